The van der Waals surface area contributed by atoms with Crippen molar-refractivity contribution in [2.75, 3.05) is 31.0 Å². The minimum absolute atomic E-state index is 0.0691. The van der Waals surface area contributed by atoms with Gasteiger partial charge in [0.05, 0.1) is 5.75 Å². The molecule has 112 valence electrons. The molecule has 0 radical (unpaired) electrons. The Morgan fingerprint density at radius 3 is 2.86 bits per heavy atom. The molecule has 0 aromatic heterocycles. The van der Waals surface area contributed by atoms with Gasteiger partial charge in [0, 0.05) is 24.8 Å². The molecule has 0 atom stereocenters. The van der Waals surface area contributed by atoms with E-state index in [1.165, 1.54) is 24.6 Å². The molecule has 2 heterocycles. The number of thioether (sulfide) groups is 1. The van der Waals surface area contributed by atoms with E-state index < -0.39 is 0 Å². The van der Waals surface area contributed by atoms with Crippen LogP contribution >= 0.6 is 24.0 Å². The molecular weight excluding hydrogens is 308 g/mol. The molecule has 0 unspecified atom stereocenters. The number of anilines is 1. The van der Waals surface area contributed by atoms with Gasteiger partial charge in [-0.3, -0.25) is 4.79 Å². The number of ether oxygens (including phenoxy) is 2. The van der Waals surface area contributed by atoms with Gasteiger partial charge in [-0.2, -0.15) is 0 Å². The van der Waals surface area contributed by atoms with Crippen LogP contribution in [0.15, 0.2) is 18.2 Å². The average Bonchev–Trinajstić information content (AvgIpc) is 3.15. The highest BCUT2D eigenvalue weighted by Crippen LogP contribution is 2.34. The van der Waals surface area contributed by atoms with Crippen LogP contribution in [0, 0.1) is 0 Å². The second-order valence-electron chi connectivity index (χ2n) is 4.86. The van der Waals surface area contributed by atoms with Gasteiger partial charge < -0.3 is 19.7 Å². The molecule has 1 aromatic rings. The van der Waals surface area contributed by atoms with Crippen LogP contribution in [-0.4, -0.2) is 40.8 Å². The lowest BCUT2D eigenvalue weighted by atomic mass is 10.3. The Hall–Kier alpha value is -1.47. The zero-order valence-corrected chi connectivity index (χ0v) is 13.1. The molecule has 5 nitrogen and oxygen atoms in total. The fourth-order valence-corrected chi connectivity index (χ4v) is 3.34. The summed E-state index contributed by atoms with van der Waals surface area (Å²) in [7, 11) is 0. The monoisotopic (exact) mass is 324 g/mol. The maximum atomic E-state index is 11.9. The first-order chi connectivity index (χ1) is 10.2. The zero-order chi connectivity index (χ0) is 14.7. The van der Waals surface area contributed by atoms with E-state index in [0.717, 1.165) is 17.4 Å². The van der Waals surface area contributed by atoms with E-state index in [4.69, 9.17) is 21.7 Å². The van der Waals surface area contributed by atoms with Crippen molar-refractivity contribution in [2.24, 2.45) is 0 Å². The van der Waals surface area contributed by atoms with Crippen molar-refractivity contribution >= 4 is 39.9 Å². The van der Waals surface area contributed by atoms with Crippen LogP contribution in [-0.2, 0) is 4.79 Å². The number of benzene rings is 1. The molecule has 21 heavy (non-hydrogen) atoms. The van der Waals surface area contributed by atoms with Gasteiger partial charge in [-0.25, -0.2) is 0 Å². The summed E-state index contributed by atoms with van der Waals surface area (Å²) in [5, 5.41) is 2.84. The van der Waals surface area contributed by atoms with Gasteiger partial charge in [0.25, 0.3) is 0 Å². The van der Waals surface area contributed by atoms with Crippen LogP contribution in [0.25, 0.3) is 0 Å². The van der Waals surface area contributed by atoms with Gasteiger partial charge in [-0.15, -0.1) is 0 Å². The van der Waals surface area contributed by atoms with Gasteiger partial charge >= 0.3 is 0 Å². The number of nitrogens with one attached hydrogen (secondary N) is 1. The Bertz CT molecular complexity index is 559. The molecule has 1 fully saturated rings. The van der Waals surface area contributed by atoms with Crippen LogP contribution < -0.4 is 14.8 Å². The number of likely N-dealkylation sites (tertiary alicyclic amines) is 1. The number of fused-ring (bicyclic) bond motifs is 1. The van der Waals surface area contributed by atoms with E-state index in [-0.39, 0.29) is 12.7 Å². The largest absolute Gasteiger partial charge is 0.454 e. The Kier molecular flexibility index (Phi) is 4.50. The van der Waals surface area contributed by atoms with Crippen molar-refractivity contribution in [1.29, 1.82) is 0 Å². The third-order valence-electron chi connectivity index (χ3n) is 3.35. The Balaban J connectivity index is 1.48. The third kappa shape index (κ3) is 3.59. The SMILES string of the molecule is O=C(CSC(=S)N1CCCC1)Nc1ccc2c(c1)OCO2. The molecule has 0 spiro atoms. The number of thiocarbonyl (C=S) groups is 1. The van der Waals surface area contributed by atoms with Crippen molar-refractivity contribution in [3.63, 3.8) is 0 Å². The maximum absolute atomic E-state index is 11.9. The summed E-state index contributed by atoms with van der Waals surface area (Å²) in [5.41, 5.74) is 0.706. The highest BCUT2D eigenvalue weighted by atomic mass is 32.2. The van der Waals surface area contributed by atoms with Gasteiger partial charge in [-0.05, 0) is 25.0 Å². The summed E-state index contributed by atoms with van der Waals surface area (Å²) in [6, 6.07) is 5.36. The summed E-state index contributed by atoms with van der Waals surface area (Å²) in [5.74, 6) is 1.62. The predicted molar refractivity (Wildman–Crippen MR) is 87.1 cm³/mol. The maximum Gasteiger partial charge on any atom is 0.234 e. The first-order valence-electron chi connectivity index (χ1n) is 6.83. The first-order valence-corrected chi connectivity index (χ1v) is 8.23. The lowest BCUT2D eigenvalue weighted by Gasteiger charge is -2.17. The van der Waals surface area contributed by atoms with Crippen LogP contribution in [0.2, 0.25) is 0 Å². The molecular formula is C14H16N2O3S2. The number of carbonyl (C=O) groups is 1. The van der Waals surface area contributed by atoms with E-state index in [1.54, 1.807) is 18.2 Å². The molecule has 3 rings (SSSR count). The lowest BCUT2D eigenvalue weighted by Crippen LogP contribution is -2.25. The van der Waals surface area contributed by atoms with Crippen LogP contribution in [0.4, 0.5) is 5.69 Å². The Labute approximate surface area is 133 Å². The summed E-state index contributed by atoms with van der Waals surface area (Å²) in [6.45, 7) is 2.25. The van der Waals surface area contributed by atoms with Crippen LogP contribution in [0.3, 0.4) is 0 Å². The van der Waals surface area contributed by atoms with Crippen molar-refractivity contribution in [3.05, 3.63) is 18.2 Å². The fraction of sp³-hybridized carbons (Fsp3) is 0.429. The molecule has 7 heteroatoms. The Morgan fingerprint density at radius 1 is 1.29 bits per heavy atom. The normalized spacial score (nSPS) is 16.1. The standard InChI is InChI=1S/C14H16N2O3S2/c17-13(8-21-14(20)16-5-1-2-6-16)15-10-3-4-11-12(7-10)19-9-18-11/h3-4,7H,1-2,5-6,8-9H2,(H,15,17). The molecule has 1 amide bonds. The smallest absolute Gasteiger partial charge is 0.234 e. The van der Waals surface area contributed by atoms with Gasteiger partial charge in [0.1, 0.15) is 4.32 Å². The number of rotatable bonds is 3. The van der Waals surface area contributed by atoms with E-state index in [2.05, 4.69) is 10.2 Å². The van der Waals surface area contributed by atoms with E-state index in [0.29, 0.717) is 22.9 Å². The second-order valence-corrected chi connectivity index (χ2v) is 6.47. The van der Waals surface area contributed by atoms with Crippen molar-refractivity contribution in [1.82, 2.24) is 4.90 Å². The van der Waals surface area contributed by atoms with Crippen molar-refractivity contribution < 1.29 is 14.3 Å². The molecule has 0 bridgehead atoms. The van der Waals surface area contributed by atoms with Crippen LogP contribution in [0.1, 0.15) is 12.8 Å². The van der Waals surface area contributed by atoms with Crippen LogP contribution in [0.5, 0.6) is 11.5 Å². The third-order valence-corrected chi connectivity index (χ3v) is 4.87. The molecule has 1 aromatic carbocycles. The quantitative estimate of drug-likeness (QED) is 0.862. The second kappa shape index (κ2) is 6.53. The number of amides is 1. The van der Waals surface area contributed by atoms with Gasteiger partial charge in [0.15, 0.2) is 11.5 Å². The van der Waals surface area contributed by atoms with Crippen molar-refractivity contribution in [2.45, 2.75) is 12.8 Å². The summed E-state index contributed by atoms with van der Waals surface area (Å²) in [4.78, 5) is 14.1. The highest BCUT2D eigenvalue weighted by Gasteiger charge is 2.17. The van der Waals surface area contributed by atoms with Gasteiger partial charge in [0.2, 0.25) is 12.7 Å². The Morgan fingerprint density at radius 2 is 2.05 bits per heavy atom. The minimum atomic E-state index is -0.0691. The zero-order valence-electron chi connectivity index (χ0n) is 11.5. The highest BCUT2D eigenvalue weighted by molar-refractivity contribution is 8.23. The van der Waals surface area contributed by atoms with E-state index >= 15 is 0 Å². The van der Waals surface area contributed by atoms with Gasteiger partial charge in [-0.1, -0.05) is 24.0 Å². The molecule has 0 saturated carbocycles. The number of nitrogens with zero attached hydrogens (tertiary/aromatic N) is 1. The van der Waals surface area contributed by atoms with Crippen molar-refractivity contribution in [3.8, 4) is 11.5 Å². The predicted octanol–water partition coefficient (Wildman–Crippen LogP) is 2.47. The molecule has 1 saturated heterocycles. The molecule has 1 N–H and O–H groups in total. The fourth-order valence-electron chi connectivity index (χ4n) is 2.29. The summed E-state index contributed by atoms with van der Waals surface area (Å²) < 4.78 is 11.3. The van der Waals surface area contributed by atoms with E-state index in [9.17, 15) is 4.79 Å². The summed E-state index contributed by atoms with van der Waals surface area (Å²) >= 11 is 6.75. The molecule has 0 aliphatic carbocycles. The number of carbonyl (C=O) groups excluding carboxylic acids is 1. The lowest BCUT2D eigenvalue weighted by molar-refractivity contribution is -0.113. The average molecular weight is 324 g/mol. The first kappa shape index (κ1) is 14.5. The minimum Gasteiger partial charge on any atom is -0.454 e. The number of hydrogen-bond acceptors (Lipinski definition) is 5. The topological polar surface area (TPSA) is 50.8 Å². The molecule has 2 aliphatic heterocycles. The van der Waals surface area contributed by atoms with E-state index in [1.807, 2.05) is 0 Å². The summed E-state index contributed by atoms with van der Waals surface area (Å²) in [6.07, 6.45) is 2.37. The number of hydrogen-bond donors (Lipinski definition) is 1. The molecule has 2 aliphatic rings.